The summed E-state index contributed by atoms with van der Waals surface area (Å²) in [6.45, 7) is 0. The third kappa shape index (κ3) is 4.80. The molecule has 130 valence electrons. The molecule has 0 radical (unpaired) electrons. The number of fused-ring (bicyclic) bond motifs is 2. The van der Waals surface area contributed by atoms with Gasteiger partial charge in [-0.25, -0.2) is 0 Å². The third-order valence-electron chi connectivity index (χ3n) is 4.77. The Morgan fingerprint density at radius 3 is 2.36 bits per heavy atom. The number of hydrogen-bond acceptors (Lipinski definition) is 3. The zero-order valence-electron chi connectivity index (χ0n) is 14.6. The smallest absolute Gasteiger partial charge is 0.0267 e. The topological polar surface area (TPSA) is 44.6 Å². The molecule has 0 unspecified atom stereocenters. The number of nitrogens with one attached hydrogen (secondary N) is 1. The first-order chi connectivity index (χ1) is 12.4. The summed E-state index contributed by atoms with van der Waals surface area (Å²) in [6.07, 6.45) is 9.89. The fourth-order valence-electron chi connectivity index (χ4n) is 3.44. The summed E-state index contributed by atoms with van der Waals surface area (Å²) in [5.74, 6) is 0. The van der Waals surface area contributed by atoms with E-state index in [-0.39, 0.29) is 0 Å². The van der Waals surface area contributed by atoms with Crippen molar-refractivity contribution in [3.63, 3.8) is 0 Å². The summed E-state index contributed by atoms with van der Waals surface area (Å²) in [6, 6.07) is 19.9. The number of rotatable bonds is 9. The molecule has 3 aromatic carbocycles. The molecule has 0 bridgehead atoms. The molecule has 25 heavy (non-hydrogen) atoms. The van der Waals surface area contributed by atoms with Crippen LogP contribution in [0.2, 0.25) is 0 Å². The van der Waals surface area contributed by atoms with E-state index in [1.807, 2.05) is 0 Å². The van der Waals surface area contributed by atoms with Crippen molar-refractivity contribution in [2.45, 2.75) is 44.9 Å². The Hall–Kier alpha value is -2.39. The van der Waals surface area contributed by atoms with Crippen LogP contribution in [0.3, 0.4) is 0 Å². The molecule has 0 saturated carbocycles. The van der Waals surface area contributed by atoms with E-state index in [0.29, 0.717) is 0 Å². The molecule has 0 amide bonds. The number of nitrogens with zero attached hydrogens (tertiary/aromatic N) is 1. The van der Waals surface area contributed by atoms with E-state index < -0.39 is 0 Å². The molecule has 3 heteroatoms. The third-order valence-corrected chi connectivity index (χ3v) is 4.77. The number of aryl methyl sites for hydroxylation is 1. The van der Waals surface area contributed by atoms with E-state index in [4.69, 9.17) is 5.21 Å². The van der Waals surface area contributed by atoms with Crippen LogP contribution in [-0.2, 0) is 6.42 Å². The molecule has 0 aliphatic carbocycles. The maximum absolute atomic E-state index is 8.33. The molecule has 0 fully saturated rings. The van der Waals surface area contributed by atoms with E-state index in [9.17, 15) is 0 Å². The number of unbranched alkanes of at least 4 members (excludes halogenated alkanes) is 5. The lowest BCUT2D eigenvalue weighted by Crippen LogP contribution is -1.94. The van der Waals surface area contributed by atoms with Crippen LogP contribution in [0.1, 0.15) is 44.1 Å². The Labute approximate surface area is 149 Å². The Bertz CT molecular complexity index is 842. The fourth-order valence-corrected chi connectivity index (χ4v) is 3.44. The minimum Gasteiger partial charge on any atom is -0.274 e. The van der Waals surface area contributed by atoms with E-state index in [0.717, 1.165) is 19.3 Å². The van der Waals surface area contributed by atoms with E-state index in [1.54, 1.807) is 11.8 Å². The summed E-state index contributed by atoms with van der Waals surface area (Å²) in [5, 5.41) is 17.3. The van der Waals surface area contributed by atoms with Crippen LogP contribution in [0.4, 0.5) is 0 Å². The molecule has 3 nitrogen and oxygen atoms in total. The molecule has 3 rings (SSSR count). The van der Waals surface area contributed by atoms with Crippen LogP contribution >= 0.6 is 0 Å². The highest BCUT2D eigenvalue weighted by molar-refractivity contribution is 5.99. The summed E-state index contributed by atoms with van der Waals surface area (Å²) < 4.78 is 0. The fraction of sp³-hybridized carbons (Fsp3) is 0.318. The Morgan fingerprint density at radius 2 is 1.52 bits per heavy atom. The van der Waals surface area contributed by atoms with Crippen LogP contribution in [0, 0.1) is 0 Å². The molecule has 0 aliphatic rings. The molecular weight excluding hydrogens is 308 g/mol. The average molecular weight is 334 g/mol. The first-order valence-electron chi connectivity index (χ1n) is 9.19. The second-order valence-corrected chi connectivity index (χ2v) is 6.56. The number of benzene rings is 3. The lowest BCUT2D eigenvalue weighted by Gasteiger charge is -2.08. The first-order valence-corrected chi connectivity index (χ1v) is 9.19. The van der Waals surface area contributed by atoms with Gasteiger partial charge in [0, 0.05) is 6.21 Å². The normalized spacial score (nSPS) is 11.6. The Morgan fingerprint density at radius 1 is 0.800 bits per heavy atom. The predicted octanol–water partition coefficient (Wildman–Crippen LogP) is 5.84. The highest BCUT2D eigenvalue weighted by atomic mass is 16.5. The highest BCUT2D eigenvalue weighted by Crippen LogP contribution is 2.26. The molecule has 0 aliphatic heterocycles. The standard InChI is InChI=1S/C22H26N2O/c25-24-23-15-8-4-2-1-3-5-10-18-13-9-14-21-16-19-11-6-7-12-20(19)17-22(18)21/h6-7,9,11-17,24-25H,1-5,8,10H2. The summed E-state index contributed by atoms with van der Waals surface area (Å²) in [7, 11) is 0. The van der Waals surface area contributed by atoms with Crippen molar-refractivity contribution in [1.29, 1.82) is 0 Å². The quantitative estimate of drug-likeness (QED) is 0.223. The lowest BCUT2D eigenvalue weighted by molar-refractivity contribution is 0.172. The van der Waals surface area contributed by atoms with Gasteiger partial charge in [0.15, 0.2) is 0 Å². The number of hydrogen-bond donors (Lipinski definition) is 2. The summed E-state index contributed by atoms with van der Waals surface area (Å²) >= 11 is 0. The minimum atomic E-state index is 0.921. The van der Waals surface area contributed by atoms with Gasteiger partial charge in [-0.1, -0.05) is 61.7 Å². The van der Waals surface area contributed by atoms with Crippen LogP contribution in [0.5, 0.6) is 0 Å². The number of hydrazone groups is 1. The van der Waals surface area contributed by atoms with Gasteiger partial charge >= 0.3 is 0 Å². The lowest BCUT2D eigenvalue weighted by atomic mass is 9.96. The first kappa shape index (κ1) is 17.4. The van der Waals surface area contributed by atoms with Gasteiger partial charge in [-0.2, -0.15) is 10.7 Å². The van der Waals surface area contributed by atoms with Crippen molar-refractivity contribution in [3.8, 4) is 0 Å². The molecule has 0 heterocycles. The van der Waals surface area contributed by atoms with Crippen LogP contribution < -0.4 is 5.59 Å². The Balaban J connectivity index is 1.55. The molecule has 2 N–H and O–H groups in total. The molecular formula is C22H26N2O. The van der Waals surface area contributed by atoms with Crippen molar-refractivity contribution >= 4 is 27.8 Å². The van der Waals surface area contributed by atoms with Crippen molar-refractivity contribution in [2.75, 3.05) is 0 Å². The zero-order chi connectivity index (χ0) is 17.3. The molecule has 0 saturated heterocycles. The van der Waals surface area contributed by atoms with Gasteiger partial charge in [-0.05, 0) is 64.9 Å². The highest BCUT2D eigenvalue weighted by Gasteiger charge is 2.03. The molecule has 0 aromatic heterocycles. The second kappa shape index (κ2) is 9.19. The molecule has 3 aromatic rings. The summed E-state index contributed by atoms with van der Waals surface area (Å²) in [4.78, 5) is 0. The van der Waals surface area contributed by atoms with Crippen molar-refractivity contribution in [1.82, 2.24) is 5.59 Å². The average Bonchev–Trinajstić information content (AvgIpc) is 2.65. The minimum absolute atomic E-state index is 0.921. The van der Waals surface area contributed by atoms with E-state index >= 15 is 0 Å². The zero-order valence-corrected chi connectivity index (χ0v) is 14.6. The van der Waals surface area contributed by atoms with Gasteiger partial charge in [0.2, 0.25) is 0 Å². The predicted molar refractivity (Wildman–Crippen MR) is 106 cm³/mol. The van der Waals surface area contributed by atoms with E-state index in [1.165, 1.54) is 52.8 Å². The van der Waals surface area contributed by atoms with Crippen molar-refractivity contribution in [2.24, 2.45) is 5.10 Å². The van der Waals surface area contributed by atoms with Crippen LogP contribution in [0.25, 0.3) is 21.5 Å². The van der Waals surface area contributed by atoms with Crippen LogP contribution in [0.15, 0.2) is 59.7 Å². The van der Waals surface area contributed by atoms with Crippen molar-refractivity contribution in [3.05, 3.63) is 60.2 Å². The van der Waals surface area contributed by atoms with Gasteiger partial charge in [-0.15, -0.1) is 0 Å². The van der Waals surface area contributed by atoms with Gasteiger partial charge in [-0.3, -0.25) is 5.21 Å². The monoisotopic (exact) mass is 334 g/mol. The molecule has 0 spiro atoms. The van der Waals surface area contributed by atoms with E-state index in [2.05, 4.69) is 59.7 Å². The Kier molecular flexibility index (Phi) is 6.41. The van der Waals surface area contributed by atoms with Crippen molar-refractivity contribution < 1.29 is 5.21 Å². The van der Waals surface area contributed by atoms with Gasteiger partial charge in [0.1, 0.15) is 0 Å². The maximum Gasteiger partial charge on any atom is 0.0267 e. The summed E-state index contributed by atoms with van der Waals surface area (Å²) in [5.41, 5.74) is 3.25. The SMILES string of the molecule is ONN=CCCCCCCCc1cccc2cc3ccccc3cc12. The van der Waals surface area contributed by atoms with Gasteiger partial charge in [0.05, 0.1) is 0 Å². The largest absolute Gasteiger partial charge is 0.274 e. The maximum atomic E-state index is 8.33. The van der Waals surface area contributed by atoms with Crippen LogP contribution in [-0.4, -0.2) is 11.4 Å². The van der Waals surface area contributed by atoms with Gasteiger partial charge < -0.3 is 0 Å². The molecule has 0 atom stereocenters. The van der Waals surface area contributed by atoms with Gasteiger partial charge in [0.25, 0.3) is 0 Å². The second-order valence-electron chi connectivity index (χ2n) is 6.56.